The van der Waals surface area contributed by atoms with E-state index in [0.29, 0.717) is 25.9 Å². The molecule has 0 amide bonds. The lowest BCUT2D eigenvalue weighted by Crippen LogP contribution is -2.61. The van der Waals surface area contributed by atoms with Crippen LogP contribution >= 0.6 is 0 Å². The fourth-order valence-electron chi connectivity index (χ4n) is 4.15. The zero-order chi connectivity index (χ0) is 21.2. The number of methoxy groups -OCH3 is 1. The third kappa shape index (κ3) is 8.91. The summed E-state index contributed by atoms with van der Waals surface area (Å²) < 4.78 is 10.5. The lowest BCUT2D eigenvalue weighted by atomic mass is 9.77. The van der Waals surface area contributed by atoms with Crippen molar-refractivity contribution in [3.05, 3.63) is 0 Å². The van der Waals surface area contributed by atoms with E-state index in [1.807, 2.05) is 20.8 Å². The van der Waals surface area contributed by atoms with Crippen LogP contribution in [0.4, 0.5) is 0 Å². The van der Waals surface area contributed by atoms with Gasteiger partial charge in [0.1, 0.15) is 5.60 Å². The maximum absolute atomic E-state index is 12.3. The lowest BCUT2D eigenvalue weighted by Gasteiger charge is -2.34. The number of hydrogen-bond donors (Lipinski definition) is 1. The monoisotopic (exact) mass is 399 g/mol. The Bertz CT molecular complexity index is 474. The van der Waals surface area contributed by atoms with Crippen LogP contribution in [0.2, 0.25) is 0 Å². The fraction of sp³-hybridized carbons (Fsp3) is 0.909. The maximum Gasteiger partial charge on any atom is 0.309 e. The number of carbonyl (C=O) groups excluding carboxylic acids is 2. The molecule has 0 heterocycles. The van der Waals surface area contributed by atoms with Gasteiger partial charge in [-0.1, -0.05) is 19.3 Å². The highest BCUT2D eigenvalue weighted by atomic mass is 16.6. The molecule has 0 aromatic carbocycles. The zero-order valence-corrected chi connectivity index (χ0v) is 18.4. The molecule has 2 saturated carbocycles. The highest BCUT2D eigenvalue weighted by Crippen LogP contribution is 2.43. The summed E-state index contributed by atoms with van der Waals surface area (Å²) in [5.41, 5.74) is 2.54. The van der Waals surface area contributed by atoms with Crippen LogP contribution in [-0.2, 0) is 19.1 Å². The molecule has 0 aromatic rings. The number of carboxylic acids is 1. The van der Waals surface area contributed by atoms with Gasteiger partial charge in [-0.15, -0.1) is 0 Å². The molecule has 28 heavy (non-hydrogen) atoms. The molecule has 3 N–H and O–H groups in total. The maximum atomic E-state index is 12.3. The van der Waals surface area contributed by atoms with E-state index in [4.69, 9.17) is 9.47 Å². The Balaban J connectivity index is 0.000000467. The average Bonchev–Trinajstić information content (AvgIpc) is 3.08. The highest BCUT2D eigenvalue weighted by molar-refractivity contribution is 5.77. The normalized spacial score (nSPS) is 20.8. The number of aliphatic carboxylic acids is 1. The summed E-state index contributed by atoms with van der Waals surface area (Å²) in [4.78, 5) is 23.9. The van der Waals surface area contributed by atoms with Gasteiger partial charge >= 0.3 is 5.97 Å². The zero-order valence-electron chi connectivity index (χ0n) is 18.4. The number of carboxylic acid groups (broad SMARTS) is 1. The predicted molar refractivity (Wildman–Crippen MR) is 106 cm³/mol. The summed E-state index contributed by atoms with van der Waals surface area (Å²) in [5, 5.41) is 11.5. The van der Waals surface area contributed by atoms with E-state index in [2.05, 4.69) is 5.73 Å². The molecule has 0 bridgehead atoms. The molecule has 0 aliphatic heterocycles. The molecule has 0 aromatic heterocycles. The number of ether oxygens (including phenoxy) is 2. The number of hydrogen-bond acceptors (Lipinski definition) is 5. The van der Waals surface area contributed by atoms with Crippen molar-refractivity contribution in [2.45, 2.75) is 103 Å². The summed E-state index contributed by atoms with van der Waals surface area (Å²) in [7, 11) is 1.57. The Hall–Kier alpha value is -1.14. The van der Waals surface area contributed by atoms with E-state index >= 15 is 0 Å². The molecule has 0 spiro atoms. The SMILES string of the molecule is COCCC(CC1(C(=O)[O-])CCCC1)C(=O)OC(C)(C)C.[NH3+]C1CCCCC1. The van der Waals surface area contributed by atoms with Crippen LogP contribution in [0, 0.1) is 11.3 Å². The standard InChI is InChI=1S/C16H28O5.C6H13N/c1-15(2,3)21-13(17)12(7-10-20-4)11-16(14(18)19)8-5-6-9-16;7-6-4-2-1-3-5-6/h12H,5-11H2,1-4H3,(H,18,19);6H,1-5,7H2. The van der Waals surface area contributed by atoms with E-state index in [9.17, 15) is 14.7 Å². The van der Waals surface area contributed by atoms with Crippen molar-refractivity contribution in [3.8, 4) is 0 Å². The Morgan fingerprint density at radius 1 is 1.11 bits per heavy atom. The lowest BCUT2D eigenvalue weighted by molar-refractivity contribution is -0.425. The molecule has 6 heteroatoms. The number of rotatable bonds is 7. The smallest absolute Gasteiger partial charge is 0.309 e. The van der Waals surface area contributed by atoms with Crippen LogP contribution in [0.1, 0.15) is 91.4 Å². The first-order valence-corrected chi connectivity index (χ1v) is 10.9. The van der Waals surface area contributed by atoms with Crippen molar-refractivity contribution in [1.82, 2.24) is 0 Å². The first-order valence-electron chi connectivity index (χ1n) is 10.9. The summed E-state index contributed by atoms with van der Waals surface area (Å²) in [5.74, 6) is -1.83. The van der Waals surface area contributed by atoms with E-state index in [1.165, 1.54) is 32.1 Å². The molecule has 2 fully saturated rings. The topological polar surface area (TPSA) is 103 Å². The average molecular weight is 400 g/mol. The second kappa shape index (κ2) is 11.8. The van der Waals surface area contributed by atoms with Crippen LogP contribution in [-0.4, -0.2) is 37.3 Å². The van der Waals surface area contributed by atoms with Gasteiger partial charge in [-0.25, -0.2) is 0 Å². The van der Waals surface area contributed by atoms with Crippen molar-refractivity contribution in [3.63, 3.8) is 0 Å². The second-order valence-electron chi connectivity index (χ2n) is 9.49. The molecule has 0 saturated heterocycles. The first-order chi connectivity index (χ1) is 13.1. The molecule has 2 aliphatic rings. The van der Waals surface area contributed by atoms with Gasteiger partial charge in [-0.3, -0.25) is 4.79 Å². The number of quaternary nitrogens is 1. The molecule has 6 nitrogen and oxygen atoms in total. The minimum absolute atomic E-state index is 0.285. The Labute approximate surface area is 170 Å². The van der Waals surface area contributed by atoms with E-state index in [1.54, 1.807) is 7.11 Å². The largest absolute Gasteiger partial charge is 0.550 e. The molecular weight excluding hydrogens is 358 g/mol. The van der Waals surface area contributed by atoms with Crippen molar-refractivity contribution >= 4 is 11.9 Å². The minimum atomic E-state index is -1.04. The molecule has 2 aliphatic carbocycles. The quantitative estimate of drug-likeness (QED) is 0.661. The van der Waals surface area contributed by atoms with Crippen molar-refractivity contribution < 1.29 is 29.9 Å². The van der Waals surface area contributed by atoms with Crippen LogP contribution < -0.4 is 10.8 Å². The van der Waals surface area contributed by atoms with Gasteiger partial charge in [-0.2, -0.15) is 0 Å². The molecule has 0 radical (unpaired) electrons. The summed E-state index contributed by atoms with van der Waals surface area (Å²) in [6.07, 6.45) is 10.7. The number of carbonyl (C=O) groups is 2. The van der Waals surface area contributed by atoms with Gasteiger partial charge in [-0.05, 0) is 72.1 Å². The minimum Gasteiger partial charge on any atom is -0.550 e. The highest BCUT2D eigenvalue weighted by Gasteiger charge is 2.40. The van der Waals surface area contributed by atoms with Gasteiger partial charge in [0.2, 0.25) is 0 Å². The molecule has 1 unspecified atom stereocenters. The van der Waals surface area contributed by atoms with Crippen LogP contribution in [0.25, 0.3) is 0 Å². The van der Waals surface area contributed by atoms with Gasteiger partial charge < -0.3 is 25.1 Å². The van der Waals surface area contributed by atoms with Crippen LogP contribution in [0.3, 0.4) is 0 Å². The second-order valence-corrected chi connectivity index (χ2v) is 9.49. The van der Waals surface area contributed by atoms with E-state index in [0.717, 1.165) is 18.9 Å². The molecule has 1 atom stereocenters. The van der Waals surface area contributed by atoms with Crippen molar-refractivity contribution in [1.29, 1.82) is 0 Å². The molecular formula is C22H41NO5. The van der Waals surface area contributed by atoms with Gasteiger partial charge in [0.25, 0.3) is 0 Å². The van der Waals surface area contributed by atoms with Gasteiger partial charge in [0.15, 0.2) is 0 Å². The van der Waals surface area contributed by atoms with Gasteiger partial charge in [0, 0.05) is 25.1 Å². The van der Waals surface area contributed by atoms with Crippen LogP contribution in [0.15, 0.2) is 0 Å². The van der Waals surface area contributed by atoms with E-state index in [-0.39, 0.29) is 12.4 Å². The van der Waals surface area contributed by atoms with Gasteiger partial charge in [0.05, 0.1) is 12.0 Å². The number of esters is 1. The Kier molecular flexibility index (Phi) is 10.5. The van der Waals surface area contributed by atoms with Crippen LogP contribution in [0.5, 0.6) is 0 Å². The summed E-state index contributed by atoms with van der Waals surface area (Å²) in [6.45, 7) is 5.83. The fourth-order valence-corrected chi connectivity index (χ4v) is 4.15. The van der Waals surface area contributed by atoms with Crippen molar-refractivity contribution in [2.75, 3.05) is 13.7 Å². The summed E-state index contributed by atoms with van der Waals surface area (Å²) >= 11 is 0. The van der Waals surface area contributed by atoms with E-state index < -0.39 is 22.9 Å². The third-order valence-corrected chi connectivity index (χ3v) is 5.77. The van der Waals surface area contributed by atoms with Crippen molar-refractivity contribution in [2.24, 2.45) is 11.3 Å². The Morgan fingerprint density at radius 2 is 1.68 bits per heavy atom. The Morgan fingerprint density at radius 3 is 2.07 bits per heavy atom. The summed E-state index contributed by atoms with van der Waals surface area (Å²) in [6, 6.07) is 0.786. The predicted octanol–water partition coefficient (Wildman–Crippen LogP) is 2.24. The molecule has 2 rings (SSSR count). The third-order valence-electron chi connectivity index (χ3n) is 5.77. The molecule has 164 valence electrons. The first kappa shape index (κ1) is 24.9.